The van der Waals surface area contributed by atoms with Crippen molar-refractivity contribution in [1.29, 1.82) is 0 Å². The maximum atomic E-state index is 11.4. The molecule has 0 aromatic heterocycles. The monoisotopic (exact) mass is 333 g/mol. The number of rotatable bonds is 3. The van der Waals surface area contributed by atoms with Crippen molar-refractivity contribution >= 4 is 34.4 Å². The van der Waals surface area contributed by atoms with Crippen LogP contribution >= 0.6 is 22.6 Å². The zero-order chi connectivity index (χ0) is 12.1. The Morgan fingerprint density at radius 3 is 2.75 bits per heavy atom. The molecule has 0 saturated heterocycles. The predicted molar refractivity (Wildman–Crippen MR) is 73.7 cm³/mol. The van der Waals surface area contributed by atoms with Gasteiger partial charge in [-0.25, -0.2) is 4.79 Å². The number of carbonyl (C=O) groups is 1. The molecule has 0 aliphatic rings. The minimum Gasteiger partial charge on any atom is -0.449 e. The smallest absolute Gasteiger partial charge is 0.411 e. The molecule has 0 atom stereocenters. The zero-order valence-electron chi connectivity index (χ0n) is 9.71. The fraction of sp³-hybridized carbons (Fsp3) is 0.417. The van der Waals surface area contributed by atoms with Crippen molar-refractivity contribution in [2.45, 2.75) is 20.8 Å². The first-order chi connectivity index (χ1) is 7.49. The van der Waals surface area contributed by atoms with Gasteiger partial charge >= 0.3 is 6.09 Å². The van der Waals surface area contributed by atoms with Crippen LogP contribution in [0.2, 0.25) is 0 Å². The number of carbonyl (C=O) groups excluding carboxylic acids is 1. The third-order valence-corrected chi connectivity index (χ3v) is 2.80. The highest BCUT2D eigenvalue weighted by Crippen LogP contribution is 2.19. The average Bonchev–Trinajstić information content (AvgIpc) is 2.19. The van der Waals surface area contributed by atoms with Gasteiger partial charge in [0.1, 0.15) is 0 Å². The van der Waals surface area contributed by atoms with Crippen LogP contribution in [-0.4, -0.2) is 12.7 Å². The van der Waals surface area contributed by atoms with Crippen LogP contribution in [0.15, 0.2) is 18.2 Å². The number of amides is 1. The fourth-order valence-corrected chi connectivity index (χ4v) is 1.92. The van der Waals surface area contributed by atoms with Gasteiger partial charge in [0.15, 0.2) is 0 Å². The molecule has 0 spiro atoms. The van der Waals surface area contributed by atoms with Crippen LogP contribution in [0.1, 0.15) is 19.4 Å². The standard InChI is InChI=1S/C12H16INO2/c1-8(2)7-16-12(15)14-11-5-4-9(3)6-10(11)13/h4-6,8H,7H2,1-3H3,(H,14,15). The molecule has 0 saturated carbocycles. The lowest BCUT2D eigenvalue weighted by Gasteiger charge is -2.10. The number of benzene rings is 1. The molecule has 1 aromatic carbocycles. The van der Waals surface area contributed by atoms with Gasteiger partial charge in [0, 0.05) is 3.57 Å². The molecule has 3 nitrogen and oxygen atoms in total. The van der Waals surface area contributed by atoms with Gasteiger partial charge in [-0.3, -0.25) is 5.32 Å². The molecule has 0 unspecified atom stereocenters. The van der Waals surface area contributed by atoms with Crippen molar-refractivity contribution in [2.75, 3.05) is 11.9 Å². The summed E-state index contributed by atoms with van der Waals surface area (Å²) in [6.45, 7) is 6.46. The maximum absolute atomic E-state index is 11.4. The number of ether oxygens (including phenoxy) is 1. The molecule has 88 valence electrons. The largest absolute Gasteiger partial charge is 0.449 e. The third-order valence-electron chi connectivity index (χ3n) is 1.91. The van der Waals surface area contributed by atoms with Gasteiger partial charge in [-0.05, 0) is 53.1 Å². The van der Waals surface area contributed by atoms with E-state index in [4.69, 9.17) is 4.74 Å². The molecule has 1 amide bonds. The summed E-state index contributed by atoms with van der Waals surface area (Å²) in [7, 11) is 0. The van der Waals surface area contributed by atoms with Crippen molar-refractivity contribution < 1.29 is 9.53 Å². The maximum Gasteiger partial charge on any atom is 0.411 e. The molecule has 4 heteroatoms. The number of hydrogen-bond donors (Lipinski definition) is 1. The van der Waals surface area contributed by atoms with Crippen LogP contribution in [0, 0.1) is 16.4 Å². The summed E-state index contributed by atoms with van der Waals surface area (Å²) < 4.78 is 6.05. The average molecular weight is 333 g/mol. The second-order valence-corrected chi connectivity index (χ2v) is 5.26. The van der Waals surface area contributed by atoms with E-state index >= 15 is 0 Å². The molecule has 0 aliphatic heterocycles. The van der Waals surface area contributed by atoms with Gasteiger partial charge < -0.3 is 4.74 Å². The molecule has 1 N–H and O–H groups in total. The highest BCUT2D eigenvalue weighted by atomic mass is 127. The third kappa shape index (κ3) is 4.38. The molecule has 0 aliphatic carbocycles. The summed E-state index contributed by atoms with van der Waals surface area (Å²) in [6, 6.07) is 5.85. The number of hydrogen-bond acceptors (Lipinski definition) is 2. The number of nitrogens with one attached hydrogen (secondary N) is 1. The first kappa shape index (κ1) is 13.3. The van der Waals surface area contributed by atoms with Crippen molar-refractivity contribution in [3.05, 3.63) is 27.3 Å². The van der Waals surface area contributed by atoms with E-state index in [1.54, 1.807) is 0 Å². The number of aryl methyl sites for hydroxylation is 1. The van der Waals surface area contributed by atoms with Gasteiger partial charge in [0.2, 0.25) is 0 Å². The van der Waals surface area contributed by atoms with E-state index < -0.39 is 6.09 Å². The summed E-state index contributed by atoms with van der Waals surface area (Å²) >= 11 is 2.19. The highest BCUT2D eigenvalue weighted by molar-refractivity contribution is 14.1. The highest BCUT2D eigenvalue weighted by Gasteiger charge is 2.07. The normalized spacial score (nSPS) is 10.3. The van der Waals surface area contributed by atoms with Crippen molar-refractivity contribution in [2.24, 2.45) is 5.92 Å². The Bertz CT molecular complexity index is 377. The summed E-state index contributed by atoms with van der Waals surface area (Å²) in [5, 5.41) is 2.72. The molecular weight excluding hydrogens is 317 g/mol. The Balaban J connectivity index is 2.56. The van der Waals surface area contributed by atoms with E-state index in [9.17, 15) is 4.79 Å². The summed E-state index contributed by atoms with van der Waals surface area (Å²) in [4.78, 5) is 11.4. The molecule has 1 rings (SSSR count). The Hall–Kier alpha value is -0.780. The van der Waals surface area contributed by atoms with E-state index in [0.29, 0.717) is 12.5 Å². The lowest BCUT2D eigenvalue weighted by molar-refractivity contribution is 0.147. The van der Waals surface area contributed by atoms with E-state index in [2.05, 4.69) is 27.9 Å². The van der Waals surface area contributed by atoms with E-state index in [0.717, 1.165) is 9.26 Å². The zero-order valence-corrected chi connectivity index (χ0v) is 11.9. The lowest BCUT2D eigenvalue weighted by Crippen LogP contribution is -2.17. The molecule has 0 fully saturated rings. The van der Waals surface area contributed by atoms with Crippen LogP contribution in [-0.2, 0) is 4.74 Å². The molecule has 1 aromatic rings. The SMILES string of the molecule is Cc1ccc(NC(=O)OCC(C)C)c(I)c1. The van der Waals surface area contributed by atoms with Crippen molar-refractivity contribution in [3.8, 4) is 0 Å². The van der Waals surface area contributed by atoms with E-state index in [1.807, 2.05) is 39.0 Å². The summed E-state index contributed by atoms with van der Waals surface area (Å²) in [5.41, 5.74) is 1.96. The molecular formula is C12H16INO2. The van der Waals surface area contributed by atoms with Crippen molar-refractivity contribution in [1.82, 2.24) is 0 Å². The number of anilines is 1. The Labute approximate surface area is 110 Å². The topological polar surface area (TPSA) is 38.3 Å². The quantitative estimate of drug-likeness (QED) is 0.855. The summed E-state index contributed by atoms with van der Waals surface area (Å²) in [6.07, 6.45) is -0.393. The first-order valence-electron chi connectivity index (χ1n) is 5.19. The Morgan fingerprint density at radius 1 is 1.50 bits per heavy atom. The molecule has 16 heavy (non-hydrogen) atoms. The van der Waals surface area contributed by atoms with Crippen LogP contribution < -0.4 is 5.32 Å². The van der Waals surface area contributed by atoms with Gasteiger partial charge in [-0.1, -0.05) is 19.9 Å². The Morgan fingerprint density at radius 2 is 2.19 bits per heavy atom. The second-order valence-electron chi connectivity index (χ2n) is 4.10. The van der Waals surface area contributed by atoms with Crippen LogP contribution in [0.3, 0.4) is 0 Å². The molecule has 0 bridgehead atoms. The van der Waals surface area contributed by atoms with Crippen molar-refractivity contribution in [3.63, 3.8) is 0 Å². The van der Waals surface area contributed by atoms with E-state index in [1.165, 1.54) is 5.56 Å². The predicted octanol–water partition coefficient (Wildman–Crippen LogP) is 3.80. The van der Waals surface area contributed by atoms with Crippen LogP contribution in [0.25, 0.3) is 0 Å². The minimum atomic E-state index is -0.393. The van der Waals surface area contributed by atoms with E-state index in [-0.39, 0.29) is 0 Å². The fourth-order valence-electron chi connectivity index (χ4n) is 1.11. The first-order valence-corrected chi connectivity index (χ1v) is 6.27. The van der Waals surface area contributed by atoms with Gasteiger partial charge in [-0.2, -0.15) is 0 Å². The van der Waals surface area contributed by atoms with Crippen LogP contribution in [0.5, 0.6) is 0 Å². The minimum absolute atomic E-state index is 0.350. The van der Waals surface area contributed by atoms with Crippen LogP contribution in [0.4, 0.5) is 10.5 Å². The van der Waals surface area contributed by atoms with Gasteiger partial charge in [0.05, 0.1) is 12.3 Å². The molecule has 0 radical (unpaired) electrons. The second kappa shape index (κ2) is 6.08. The number of halogens is 1. The Kier molecular flexibility index (Phi) is 5.05. The van der Waals surface area contributed by atoms with Gasteiger partial charge in [-0.15, -0.1) is 0 Å². The lowest BCUT2D eigenvalue weighted by atomic mass is 10.2. The summed E-state index contributed by atoms with van der Waals surface area (Å²) in [5.74, 6) is 0.350. The molecule has 0 heterocycles. The van der Waals surface area contributed by atoms with Gasteiger partial charge in [0.25, 0.3) is 0 Å².